The van der Waals surface area contributed by atoms with Crippen molar-refractivity contribution in [3.63, 3.8) is 0 Å². The summed E-state index contributed by atoms with van der Waals surface area (Å²) >= 11 is 7.51. The van der Waals surface area contributed by atoms with Gasteiger partial charge in [0.25, 0.3) is 0 Å². The average molecular weight is 333 g/mol. The van der Waals surface area contributed by atoms with E-state index in [-0.39, 0.29) is 5.56 Å². The van der Waals surface area contributed by atoms with E-state index in [0.29, 0.717) is 21.6 Å². The van der Waals surface area contributed by atoms with Crippen LogP contribution in [-0.4, -0.2) is 24.9 Å². The molecule has 0 fully saturated rings. The van der Waals surface area contributed by atoms with Gasteiger partial charge in [-0.15, -0.1) is 16.8 Å². The topological polar surface area (TPSA) is 52.2 Å². The van der Waals surface area contributed by atoms with E-state index < -0.39 is 0 Å². The molecular formula is C15H13ClN4OS. The van der Waals surface area contributed by atoms with Crippen LogP contribution in [0.25, 0.3) is 11.3 Å². The third kappa shape index (κ3) is 2.55. The fourth-order valence-corrected chi connectivity index (χ4v) is 2.85. The summed E-state index contributed by atoms with van der Waals surface area (Å²) in [5, 5.41) is 9.39. The Kier molecular flexibility index (Phi) is 4.04. The highest BCUT2D eigenvalue weighted by Gasteiger charge is 2.11. The molecule has 5 nitrogen and oxygen atoms in total. The molecule has 0 aliphatic rings. The average Bonchev–Trinajstić information content (AvgIpc) is 2.92. The van der Waals surface area contributed by atoms with Crippen LogP contribution in [0.5, 0.6) is 0 Å². The standard InChI is InChI=1S/C15H13ClN4OS/c1-3-8-22-15-18-17-13-14(21)19(6-7-20(13)15)11-4-5-12(16)10(2)9-11/h3-7,9H,1,8H2,2H3. The van der Waals surface area contributed by atoms with Gasteiger partial charge in [-0.2, -0.15) is 0 Å². The fourth-order valence-electron chi connectivity index (χ4n) is 2.08. The van der Waals surface area contributed by atoms with Gasteiger partial charge in [-0.05, 0) is 30.7 Å². The lowest BCUT2D eigenvalue weighted by Crippen LogP contribution is -2.20. The quantitative estimate of drug-likeness (QED) is 0.544. The number of aryl methyl sites for hydroxylation is 1. The van der Waals surface area contributed by atoms with Crippen LogP contribution >= 0.6 is 23.4 Å². The summed E-state index contributed by atoms with van der Waals surface area (Å²) < 4.78 is 3.23. The number of benzene rings is 1. The van der Waals surface area contributed by atoms with Gasteiger partial charge in [0.2, 0.25) is 5.65 Å². The van der Waals surface area contributed by atoms with Crippen molar-refractivity contribution in [3.05, 3.63) is 64.2 Å². The molecule has 1 aromatic carbocycles. The van der Waals surface area contributed by atoms with Crippen molar-refractivity contribution in [1.82, 2.24) is 19.2 Å². The Bertz CT molecular complexity index is 916. The van der Waals surface area contributed by atoms with Crippen LogP contribution in [0.1, 0.15) is 5.56 Å². The normalized spacial score (nSPS) is 11.0. The van der Waals surface area contributed by atoms with E-state index in [0.717, 1.165) is 11.3 Å². The van der Waals surface area contributed by atoms with E-state index in [4.69, 9.17) is 11.6 Å². The first-order chi connectivity index (χ1) is 10.6. The van der Waals surface area contributed by atoms with Crippen molar-refractivity contribution >= 4 is 29.0 Å². The predicted octanol–water partition coefficient (Wildman–Crippen LogP) is 3.12. The highest BCUT2D eigenvalue weighted by atomic mass is 35.5. The molecule has 0 aliphatic carbocycles. The number of rotatable bonds is 4. The summed E-state index contributed by atoms with van der Waals surface area (Å²) in [5.41, 5.74) is 1.73. The minimum absolute atomic E-state index is 0.220. The molecule has 112 valence electrons. The van der Waals surface area contributed by atoms with Crippen molar-refractivity contribution < 1.29 is 0 Å². The molecule has 2 heterocycles. The van der Waals surface area contributed by atoms with Crippen LogP contribution < -0.4 is 5.56 Å². The van der Waals surface area contributed by atoms with Gasteiger partial charge in [0.1, 0.15) is 0 Å². The Morgan fingerprint density at radius 2 is 2.18 bits per heavy atom. The van der Waals surface area contributed by atoms with Gasteiger partial charge in [-0.1, -0.05) is 29.4 Å². The van der Waals surface area contributed by atoms with E-state index in [2.05, 4.69) is 16.8 Å². The third-order valence-corrected chi connectivity index (χ3v) is 4.55. The predicted molar refractivity (Wildman–Crippen MR) is 89.3 cm³/mol. The van der Waals surface area contributed by atoms with Gasteiger partial charge < -0.3 is 0 Å². The molecule has 0 saturated heterocycles. The van der Waals surface area contributed by atoms with Crippen LogP contribution in [0, 0.1) is 6.92 Å². The number of halogens is 1. The highest BCUT2D eigenvalue weighted by molar-refractivity contribution is 7.99. The molecule has 3 rings (SSSR count). The molecular weight excluding hydrogens is 320 g/mol. The van der Waals surface area contributed by atoms with Crippen molar-refractivity contribution in [2.75, 3.05) is 5.75 Å². The second-order valence-electron chi connectivity index (χ2n) is 4.68. The molecule has 0 saturated carbocycles. The molecule has 3 aromatic rings. The summed E-state index contributed by atoms with van der Waals surface area (Å²) in [6.45, 7) is 5.57. The Morgan fingerprint density at radius 3 is 2.91 bits per heavy atom. The lowest BCUT2D eigenvalue weighted by atomic mass is 10.2. The van der Waals surface area contributed by atoms with Crippen LogP contribution in [0.3, 0.4) is 0 Å². The molecule has 0 spiro atoms. The first-order valence-electron chi connectivity index (χ1n) is 6.58. The molecule has 22 heavy (non-hydrogen) atoms. The maximum Gasteiger partial charge on any atom is 0.300 e. The lowest BCUT2D eigenvalue weighted by molar-refractivity contribution is 0.894. The molecule has 0 unspecified atom stereocenters. The Labute approximate surface area is 136 Å². The van der Waals surface area contributed by atoms with Crippen molar-refractivity contribution in [3.8, 4) is 5.69 Å². The molecule has 0 N–H and O–H groups in total. The SMILES string of the molecule is C=CCSc1nnc2c(=O)n(-c3ccc(Cl)c(C)c3)ccn12. The van der Waals surface area contributed by atoms with Crippen LogP contribution in [0.2, 0.25) is 5.02 Å². The molecule has 0 bridgehead atoms. The Balaban J connectivity index is 2.12. The van der Waals surface area contributed by atoms with Gasteiger partial charge in [0.15, 0.2) is 5.16 Å². The number of thioether (sulfide) groups is 1. The van der Waals surface area contributed by atoms with Gasteiger partial charge >= 0.3 is 5.56 Å². The van der Waals surface area contributed by atoms with Crippen molar-refractivity contribution in [2.45, 2.75) is 12.1 Å². The van der Waals surface area contributed by atoms with Gasteiger partial charge in [0.05, 0.1) is 0 Å². The van der Waals surface area contributed by atoms with E-state index in [9.17, 15) is 4.79 Å². The lowest BCUT2D eigenvalue weighted by Gasteiger charge is -2.08. The van der Waals surface area contributed by atoms with Gasteiger partial charge in [-0.3, -0.25) is 13.8 Å². The smallest absolute Gasteiger partial charge is 0.280 e. The summed E-state index contributed by atoms with van der Waals surface area (Å²) in [6.07, 6.45) is 5.27. The zero-order valence-corrected chi connectivity index (χ0v) is 13.4. The maximum atomic E-state index is 12.6. The number of nitrogens with zero attached hydrogens (tertiary/aromatic N) is 4. The molecule has 0 amide bonds. The van der Waals surface area contributed by atoms with Crippen LogP contribution in [-0.2, 0) is 0 Å². The van der Waals surface area contributed by atoms with E-state index in [1.54, 1.807) is 35.0 Å². The van der Waals surface area contributed by atoms with Gasteiger partial charge in [-0.25, -0.2) is 0 Å². The summed E-state index contributed by atoms with van der Waals surface area (Å²) in [4.78, 5) is 12.6. The van der Waals surface area contributed by atoms with Crippen molar-refractivity contribution in [1.29, 1.82) is 0 Å². The fraction of sp³-hybridized carbons (Fsp3) is 0.133. The summed E-state index contributed by atoms with van der Waals surface area (Å²) in [5.74, 6) is 0.709. The maximum absolute atomic E-state index is 12.6. The van der Waals surface area contributed by atoms with Crippen LogP contribution in [0.4, 0.5) is 0 Å². The molecule has 0 aliphatic heterocycles. The second kappa shape index (κ2) is 5.98. The molecule has 7 heteroatoms. The number of hydrogen-bond donors (Lipinski definition) is 0. The molecule has 2 aromatic heterocycles. The first kappa shape index (κ1) is 14.9. The van der Waals surface area contributed by atoms with Gasteiger partial charge in [0, 0.05) is 28.9 Å². The first-order valence-corrected chi connectivity index (χ1v) is 7.95. The Morgan fingerprint density at radius 1 is 1.36 bits per heavy atom. The zero-order valence-electron chi connectivity index (χ0n) is 11.9. The zero-order chi connectivity index (χ0) is 15.7. The number of aromatic nitrogens is 4. The second-order valence-corrected chi connectivity index (χ2v) is 6.08. The minimum Gasteiger partial charge on any atom is -0.280 e. The summed E-state index contributed by atoms with van der Waals surface area (Å²) in [6, 6.07) is 5.44. The van der Waals surface area contributed by atoms with Crippen molar-refractivity contribution in [2.24, 2.45) is 0 Å². The summed E-state index contributed by atoms with van der Waals surface area (Å²) in [7, 11) is 0. The van der Waals surface area contributed by atoms with E-state index in [1.807, 2.05) is 13.0 Å². The highest BCUT2D eigenvalue weighted by Crippen LogP contribution is 2.19. The Hall–Kier alpha value is -2.05. The largest absolute Gasteiger partial charge is 0.300 e. The third-order valence-electron chi connectivity index (χ3n) is 3.19. The van der Waals surface area contributed by atoms with E-state index >= 15 is 0 Å². The van der Waals surface area contributed by atoms with Crippen LogP contribution in [0.15, 0.2) is 53.2 Å². The monoisotopic (exact) mass is 332 g/mol. The minimum atomic E-state index is -0.220. The molecule has 0 atom stereocenters. The van der Waals surface area contributed by atoms with E-state index in [1.165, 1.54) is 16.3 Å². The number of hydrogen-bond acceptors (Lipinski definition) is 4. The molecule has 0 radical (unpaired) electrons. The number of fused-ring (bicyclic) bond motifs is 1.